The molecule has 50 heavy (non-hydrogen) atoms. The van der Waals surface area contributed by atoms with E-state index in [1.165, 1.54) is 6.33 Å². The number of carbonyl (C=O) groups is 1. The highest BCUT2D eigenvalue weighted by Crippen LogP contribution is 2.68. The van der Waals surface area contributed by atoms with Crippen molar-refractivity contribution in [2.45, 2.75) is 96.7 Å². The first-order valence-corrected chi connectivity index (χ1v) is 19.7. The molecule has 1 saturated carbocycles. The quantitative estimate of drug-likeness (QED) is 0.114. The summed E-state index contributed by atoms with van der Waals surface area (Å²) < 4.78 is 55.4. The maximum atomic E-state index is 13.9. The van der Waals surface area contributed by atoms with Gasteiger partial charge >= 0.3 is 7.60 Å². The van der Waals surface area contributed by atoms with Gasteiger partial charge in [0.2, 0.25) is 0 Å². The van der Waals surface area contributed by atoms with Crippen LogP contribution >= 0.6 is 16.1 Å². The lowest BCUT2D eigenvalue weighted by Crippen LogP contribution is -2.40. The number of benzene rings is 1. The highest BCUT2D eigenvalue weighted by atomic mass is 31.2. The number of methoxy groups -OCH3 is 1. The number of nitrogens with one attached hydrogen (secondary N) is 1. The summed E-state index contributed by atoms with van der Waals surface area (Å²) in [6, 6.07) is 11.1. The van der Waals surface area contributed by atoms with E-state index < -0.39 is 46.3 Å². The second-order valence-electron chi connectivity index (χ2n) is 12.5. The third-order valence-corrected chi connectivity index (χ3v) is 13.3. The SMILES string of the molecule is CCOP(=O)(OCC)C1CC1[C@H]1O[C@@H](n2cnc3c(NC(=O)c4ccccc4)ncnc32)C(OC)C1OP(OCCC#N)N(C(C)C)C(C)C. The Balaban J connectivity index is 1.51. The Labute approximate surface area is 294 Å². The lowest BCUT2D eigenvalue weighted by Gasteiger charge is -2.38. The molecule has 3 aromatic rings. The molecule has 1 aliphatic heterocycles. The summed E-state index contributed by atoms with van der Waals surface area (Å²) in [5, 5.41) is 12.1. The van der Waals surface area contributed by atoms with E-state index >= 15 is 0 Å². The van der Waals surface area contributed by atoms with Gasteiger partial charge in [0.25, 0.3) is 14.4 Å². The molecule has 15 nitrogen and oxygen atoms in total. The van der Waals surface area contributed by atoms with Crippen molar-refractivity contribution in [2.75, 3.05) is 32.2 Å². The first-order chi connectivity index (χ1) is 24.1. The van der Waals surface area contributed by atoms with Gasteiger partial charge in [-0.15, -0.1) is 0 Å². The Morgan fingerprint density at radius 2 is 1.82 bits per heavy atom. The smallest absolute Gasteiger partial charge is 0.334 e. The van der Waals surface area contributed by atoms with E-state index in [4.69, 9.17) is 27.6 Å². The van der Waals surface area contributed by atoms with E-state index in [1.807, 2.05) is 6.07 Å². The average molecular weight is 732 g/mol. The van der Waals surface area contributed by atoms with Crippen molar-refractivity contribution in [3.8, 4) is 6.07 Å². The lowest BCUT2D eigenvalue weighted by atomic mass is 10.1. The molecule has 272 valence electrons. The fourth-order valence-electron chi connectivity index (χ4n) is 6.41. The van der Waals surface area contributed by atoms with Gasteiger partial charge in [-0.1, -0.05) is 18.2 Å². The van der Waals surface area contributed by atoms with Crippen LogP contribution in [-0.2, 0) is 32.1 Å². The number of hydrogen-bond donors (Lipinski definition) is 1. The molecule has 0 bridgehead atoms. The second-order valence-corrected chi connectivity index (χ2v) is 16.2. The molecule has 2 aliphatic rings. The number of nitriles is 1. The third kappa shape index (κ3) is 8.26. The number of hydrogen-bond acceptors (Lipinski definition) is 13. The third-order valence-electron chi connectivity index (χ3n) is 8.52. The lowest BCUT2D eigenvalue weighted by molar-refractivity contribution is -0.0526. The molecular weight excluding hydrogens is 684 g/mol. The number of carbonyl (C=O) groups excluding carboxylic acids is 1. The molecule has 5 unspecified atom stereocenters. The standard InChI is InChI=1S/C33H47N7O8P2/c1-8-45-50(42,46-9-2)25-18-24(25)27-28(48-49(44-17-13-16-34)40(21(3)4)22(5)6)29(43-7)33(47-27)39-20-37-26-30(35-19-36-31(26)39)38-32(41)23-14-11-10-12-15-23/h10-12,14-15,19-22,24-25,27-29,33H,8-9,13,17-18H2,1-7H3,(H,35,36,38,41)/t24?,25?,27-,28?,29?,33-,49?/m1/s1. The number of fused-ring (bicyclic) bond motifs is 1. The van der Waals surface area contributed by atoms with Gasteiger partial charge in [0.05, 0.1) is 50.4 Å². The van der Waals surface area contributed by atoms with Gasteiger partial charge in [-0.3, -0.25) is 13.9 Å². The van der Waals surface area contributed by atoms with Crippen LogP contribution in [0.4, 0.5) is 5.82 Å². The Kier molecular flexibility index (Phi) is 13.1. The summed E-state index contributed by atoms with van der Waals surface area (Å²) in [5.41, 5.74) is 0.856. The average Bonchev–Trinajstić information content (AvgIpc) is 3.66. The normalized spacial score (nSPS) is 24.3. The van der Waals surface area contributed by atoms with Crippen molar-refractivity contribution in [2.24, 2.45) is 5.92 Å². The predicted molar refractivity (Wildman–Crippen MR) is 187 cm³/mol. The van der Waals surface area contributed by atoms with Crippen molar-refractivity contribution in [1.82, 2.24) is 24.2 Å². The maximum absolute atomic E-state index is 13.9. The van der Waals surface area contributed by atoms with E-state index in [0.717, 1.165) is 0 Å². The van der Waals surface area contributed by atoms with E-state index in [-0.39, 0.29) is 56.0 Å². The first kappa shape index (κ1) is 38.3. The topological polar surface area (TPSA) is 172 Å². The highest BCUT2D eigenvalue weighted by Gasteiger charge is 2.63. The van der Waals surface area contributed by atoms with E-state index in [9.17, 15) is 14.6 Å². The largest absolute Gasteiger partial charge is 0.374 e. The molecule has 5 rings (SSSR count). The van der Waals surface area contributed by atoms with Crippen LogP contribution in [-0.4, -0.2) is 93.1 Å². The zero-order valence-corrected chi connectivity index (χ0v) is 31.3. The Bertz CT molecular complexity index is 1650. The summed E-state index contributed by atoms with van der Waals surface area (Å²) in [7, 11) is -3.56. The van der Waals surface area contributed by atoms with Crippen LogP contribution < -0.4 is 5.32 Å². The Morgan fingerprint density at radius 3 is 2.44 bits per heavy atom. The zero-order valence-electron chi connectivity index (χ0n) is 29.5. The van der Waals surface area contributed by atoms with Gasteiger partial charge in [-0.25, -0.2) is 19.6 Å². The summed E-state index contributed by atoms with van der Waals surface area (Å²) in [6.45, 7) is 12.5. The molecule has 2 aromatic heterocycles. The number of amides is 1. The number of aromatic nitrogens is 4. The number of imidazole rings is 1. The fraction of sp³-hybridized carbons (Fsp3) is 0.606. The Morgan fingerprint density at radius 1 is 1.12 bits per heavy atom. The molecule has 0 spiro atoms. The van der Waals surface area contributed by atoms with Crippen molar-refractivity contribution in [1.29, 1.82) is 5.26 Å². The van der Waals surface area contributed by atoms with Crippen molar-refractivity contribution >= 4 is 39.0 Å². The van der Waals surface area contributed by atoms with Gasteiger partial charge in [-0.2, -0.15) is 5.26 Å². The van der Waals surface area contributed by atoms with Crippen molar-refractivity contribution in [3.63, 3.8) is 0 Å². The maximum Gasteiger partial charge on any atom is 0.334 e. The van der Waals surface area contributed by atoms with Gasteiger partial charge in [0.15, 0.2) is 23.2 Å². The minimum Gasteiger partial charge on any atom is -0.374 e. The predicted octanol–water partition coefficient (Wildman–Crippen LogP) is 6.31. The molecule has 1 aliphatic carbocycles. The van der Waals surface area contributed by atoms with Gasteiger partial charge in [0.1, 0.15) is 18.5 Å². The molecule has 17 heteroatoms. The number of nitrogens with zero attached hydrogens (tertiary/aromatic N) is 6. The molecule has 3 heterocycles. The van der Waals surface area contributed by atoms with Crippen molar-refractivity contribution in [3.05, 3.63) is 48.5 Å². The summed E-state index contributed by atoms with van der Waals surface area (Å²) in [4.78, 5) is 26.4. The van der Waals surface area contributed by atoms with Crippen LogP contribution in [0.25, 0.3) is 11.2 Å². The van der Waals surface area contributed by atoms with Crippen LogP contribution in [0.2, 0.25) is 0 Å². The summed E-state index contributed by atoms with van der Waals surface area (Å²) in [5.74, 6) is -0.327. The zero-order chi connectivity index (χ0) is 36.0. The molecule has 1 amide bonds. The van der Waals surface area contributed by atoms with Crippen LogP contribution in [0.5, 0.6) is 0 Å². The second kappa shape index (κ2) is 17.1. The molecule has 1 saturated heterocycles. The number of ether oxygens (including phenoxy) is 2. The summed E-state index contributed by atoms with van der Waals surface area (Å²) in [6.07, 6.45) is 0.894. The minimum atomic E-state index is -3.44. The molecular formula is C33H47N7O8P2. The Hall–Kier alpha value is -2.89. The van der Waals surface area contributed by atoms with Crippen LogP contribution in [0, 0.1) is 17.2 Å². The van der Waals surface area contributed by atoms with Crippen LogP contribution in [0.15, 0.2) is 43.0 Å². The van der Waals surface area contributed by atoms with Crippen LogP contribution in [0.1, 0.15) is 71.0 Å². The van der Waals surface area contributed by atoms with Gasteiger partial charge < -0.3 is 32.9 Å². The first-order valence-electron chi connectivity index (χ1n) is 16.9. The molecule has 0 radical (unpaired) electrons. The van der Waals surface area contributed by atoms with Gasteiger partial charge in [0, 0.05) is 30.7 Å². The van der Waals surface area contributed by atoms with Gasteiger partial charge in [-0.05, 0) is 60.1 Å². The van der Waals surface area contributed by atoms with E-state index in [1.54, 1.807) is 56.1 Å². The van der Waals surface area contributed by atoms with E-state index in [0.29, 0.717) is 23.1 Å². The molecule has 7 atom stereocenters. The van der Waals surface area contributed by atoms with Crippen LogP contribution in [0.3, 0.4) is 0 Å². The monoisotopic (exact) mass is 731 g/mol. The number of rotatable bonds is 18. The molecule has 1 N–H and O–H groups in total. The minimum absolute atomic E-state index is 0.0596. The summed E-state index contributed by atoms with van der Waals surface area (Å²) >= 11 is 0. The van der Waals surface area contributed by atoms with Crippen molar-refractivity contribution < 1.29 is 36.9 Å². The number of anilines is 1. The van der Waals surface area contributed by atoms with E-state index in [2.05, 4.69) is 58.7 Å². The fourth-order valence-corrected chi connectivity index (χ4v) is 10.5. The highest BCUT2D eigenvalue weighted by molar-refractivity contribution is 7.55. The molecule has 1 aromatic carbocycles. The molecule has 2 fully saturated rings.